The van der Waals surface area contributed by atoms with Gasteiger partial charge < -0.3 is 57.3 Å². The quantitative estimate of drug-likeness (QED) is 0.0450. The van der Waals surface area contributed by atoms with Crippen molar-refractivity contribution in [2.45, 2.75) is 123 Å². The van der Waals surface area contributed by atoms with Crippen molar-refractivity contribution in [3.63, 3.8) is 0 Å². The number of alkyl carbamates (subject to hydrolysis) is 1. The number of ether oxygens (including phenoxy) is 3. The highest BCUT2D eigenvalue weighted by atomic mass is 16.6. The van der Waals surface area contributed by atoms with Crippen LogP contribution in [-0.4, -0.2) is 92.5 Å². The van der Waals surface area contributed by atoms with Crippen LogP contribution in [0.2, 0.25) is 0 Å². The number of anilines is 1. The van der Waals surface area contributed by atoms with Crippen molar-refractivity contribution in [1.82, 2.24) is 26.3 Å². The molecule has 17 nitrogen and oxygen atoms in total. The van der Waals surface area contributed by atoms with E-state index in [2.05, 4.69) is 40.4 Å². The first-order chi connectivity index (χ1) is 27.5. The maximum Gasteiger partial charge on any atom is 0.407 e. The number of hydrogen-bond acceptors (Lipinski definition) is 12. The Kier molecular flexibility index (Phi) is 19.0. The molecule has 6 atom stereocenters. The molecule has 2 aliphatic carbocycles. The number of amides is 5. The van der Waals surface area contributed by atoms with E-state index in [1.807, 2.05) is 27.8 Å². The van der Waals surface area contributed by atoms with E-state index in [-0.39, 0.29) is 36.9 Å². The Balaban J connectivity index is 1.47. The molecule has 0 radical (unpaired) electrons. The van der Waals surface area contributed by atoms with Gasteiger partial charge in [0.1, 0.15) is 18.7 Å². The smallest absolute Gasteiger partial charge is 0.407 e. The molecule has 2 aliphatic rings. The number of nitrogens with two attached hydrogens (primary N) is 3. The molecular weight excluding hydrogens is 747 g/mol. The molecule has 3 rings (SSSR count). The summed E-state index contributed by atoms with van der Waals surface area (Å²) in [6.45, 7) is 11.2. The van der Waals surface area contributed by atoms with Crippen molar-refractivity contribution in [3.8, 4) is 0 Å². The molecule has 0 heterocycles. The molecule has 11 N–H and O–H groups in total. The molecule has 0 aromatic heterocycles. The molecule has 1 aromatic rings. The van der Waals surface area contributed by atoms with Crippen LogP contribution in [0.5, 0.6) is 0 Å². The SMILES string of the molecule is CNCCCC(NC(=O)C(NC(=O)CCC(C)OCCC(C)(C)N(N)/C1=C(\N)CCC2C(CC1)C2COC(N)=O)C(C)C)C(=O)Nc1ccc(COC(=O)NC)cc1. The van der Waals surface area contributed by atoms with Crippen molar-refractivity contribution in [2.24, 2.45) is 41.0 Å². The third-order valence-corrected chi connectivity index (χ3v) is 11.2. The molecule has 1 saturated carbocycles. The van der Waals surface area contributed by atoms with E-state index >= 15 is 0 Å². The van der Waals surface area contributed by atoms with Gasteiger partial charge in [0.15, 0.2) is 0 Å². The van der Waals surface area contributed by atoms with Crippen LogP contribution in [0.25, 0.3) is 0 Å². The molecule has 58 heavy (non-hydrogen) atoms. The van der Waals surface area contributed by atoms with Gasteiger partial charge in [-0.1, -0.05) is 26.0 Å². The van der Waals surface area contributed by atoms with Crippen molar-refractivity contribution in [2.75, 3.05) is 39.2 Å². The summed E-state index contributed by atoms with van der Waals surface area (Å²) in [5, 5.41) is 15.8. The average molecular weight is 816 g/mol. The second-order valence-electron chi connectivity index (χ2n) is 16.4. The van der Waals surface area contributed by atoms with Crippen LogP contribution < -0.4 is 43.9 Å². The fourth-order valence-corrected chi connectivity index (χ4v) is 7.35. The molecule has 0 bridgehead atoms. The molecular formula is C41H69N9O8. The lowest BCUT2D eigenvalue weighted by Crippen LogP contribution is -2.54. The summed E-state index contributed by atoms with van der Waals surface area (Å²) in [4.78, 5) is 62.5. The Morgan fingerprint density at radius 3 is 2.22 bits per heavy atom. The van der Waals surface area contributed by atoms with E-state index in [0.29, 0.717) is 68.9 Å². The number of carbonyl (C=O) groups is 5. The summed E-state index contributed by atoms with van der Waals surface area (Å²) in [6, 6.07) is 5.16. The number of primary amides is 1. The summed E-state index contributed by atoms with van der Waals surface area (Å²) < 4.78 is 16.2. The zero-order valence-corrected chi connectivity index (χ0v) is 35.5. The lowest BCUT2D eigenvalue weighted by molar-refractivity contribution is -0.132. The highest BCUT2D eigenvalue weighted by Crippen LogP contribution is 2.54. The lowest BCUT2D eigenvalue weighted by Gasteiger charge is -2.39. The minimum Gasteiger partial charge on any atom is -0.449 e. The topological polar surface area (TPSA) is 254 Å². The number of nitrogens with one attached hydrogen (secondary N) is 5. The van der Waals surface area contributed by atoms with Crippen LogP contribution in [-0.2, 0) is 35.2 Å². The van der Waals surface area contributed by atoms with Gasteiger partial charge in [0.25, 0.3) is 0 Å². The predicted octanol–water partition coefficient (Wildman–Crippen LogP) is 3.34. The lowest BCUT2D eigenvalue weighted by atomic mass is 9.95. The fourth-order valence-electron chi connectivity index (χ4n) is 7.35. The number of benzene rings is 1. The number of nitrogens with zero attached hydrogens (tertiary/aromatic N) is 1. The first-order valence-corrected chi connectivity index (χ1v) is 20.5. The van der Waals surface area contributed by atoms with Crippen LogP contribution in [0.1, 0.15) is 98.0 Å². The molecule has 0 aliphatic heterocycles. The molecule has 5 amide bonds. The first kappa shape index (κ1) is 47.8. The van der Waals surface area contributed by atoms with Crippen molar-refractivity contribution in [3.05, 3.63) is 41.2 Å². The number of carbonyl (C=O) groups excluding carboxylic acids is 5. The fraction of sp³-hybridized carbons (Fsp3) is 0.683. The standard InChI is InChI=1S/C41H69N9O8/c1-25(2)36(38(53)48-33(9-8-21-45-6)37(52)47-28-13-11-27(12-14-28)23-58-40(55)46-7)49-35(51)19-10-26(3)56-22-20-41(4,5)50(44)34-18-16-30-29(15-17-32(34)42)31(30)24-57-39(43)54/h11-14,25-26,29-31,33,36,45H,8-10,15-24,42,44H2,1-7H3,(H2,43,54)(H,46,55)(H,47,52)(H,48,53)(H,49,51)/b34-32-. The summed E-state index contributed by atoms with van der Waals surface area (Å²) in [6.07, 6.45) is 4.00. The summed E-state index contributed by atoms with van der Waals surface area (Å²) in [5.74, 6) is 6.60. The monoisotopic (exact) mass is 816 g/mol. The third-order valence-electron chi connectivity index (χ3n) is 11.2. The van der Waals surface area contributed by atoms with E-state index in [0.717, 1.165) is 42.6 Å². The van der Waals surface area contributed by atoms with Gasteiger partial charge in [-0.3, -0.25) is 14.4 Å². The van der Waals surface area contributed by atoms with Gasteiger partial charge in [-0.05, 0) is 127 Å². The molecule has 17 heteroatoms. The number of allylic oxidation sites excluding steroid dienone is 2. The van der Waals surface area contributed by atoms with E-state index < -0.39 is 35.7 Å². The number of rotatable bonds is 23. The van der Waals surface area contributed by atoms with Crippen molar-refractivity contribution >= 4 is 35.6 Å². The van der Waals surface area contributed by atoms with Gasteiger partial charge in [0, 0.05) is 37.2 Å². The maximum atomic E-state index is 13.6. The number of hydrogen-bond donors (Lipinski definition) is 8. The van der Waals surface area contributed by atoms with E-state index in [4.69, 9.17) is 31.5 Å². The van der Waals surface area contributed by atoms with E-state index in [1.165, 1.54) is 7.05 Å². The van der Waals surface area contributed by atoms with Crippen molar-refractivity contribution < 1.29 is 38.2 Å². The molecule has 0 saturated heterocycles. The Morgan fingerprint density at radius 1 is 0.931 bits per heavy atom. The number of fused-ring (bicyclic) bond motifs is 1. The summed E-state index contributed by atoms with van der Waals surface area (Å²) in [7, 11) is 3.29. The zero-order valence-electron chi connectivity index (χ0n) is 35.5. The second kappa shape index (κ2) is 23.1. The highest BCUT2D eigenvalue weighted by Gasteiger charge is 2.50. The van der Waals surface area contributed by atoms with Gasteiger partial charge >= 0.3 is 12.2 Å². The van der Waals surface area contributed by atoms with E-state index in [9.17, 15) is 24.0 Å². The van der Waals surface area contributed by atoms with Gasteiger partial charge in [-0.25, -0.2) is 15.4 Å². The van der Waals surface area contributed by atoms with Gasteiger partial charge in [0.05, 0.1) is 18.2 Å². The Labute approximate surface area is 343 Å². The van der Waals surface area contributed by atoms with E-state index in [1.54, 1.807) is 29.3 Å². The predicted molar refractivity (Wildman–Crippen MR) is 221 cm³/mol. The second-order valence-corrected chi connectivity index (χ2v) is 16.4. The van der Waals surface area contributed by atoms with Crippen LogP contribution in [0.15, 0.2) is 35.7 Å². The Hall–Kier alpha value is -4.61. The first-order valence-electron chi connectivity index (χ1n) is 20.5. The van der Waals surface area contributed by atoms with Crippen LogP contribution in [0.4, 0.5) is 15.3 Å². The summed E-state index contributed by atoms with van der Waals surface area (Å²) >= 11 is 0. The maximum absolute atomic E-state index is 13.6. The molecule has 1 fully saturated rings. The molecule has 6 unspecified atom stereocenters. The molecule has 326 valence electrons. The molecule has 0 spiro atoms. The third kappa shape index (κ3) is 15.3. The van der Waals surface area contributed by atoms with Gasteiger partial charge in [-0.2, -0.15) is 0 Å². The average Bonchev–Trinajstić information content (AvgIpc) is 3.85. The minimum absolute atomic E-state index is 0.0782. The Bertz CT molecular complexity index is 1550. The molecule has 1 aromatic carbocycles. The number of hydrazine groups is 1. The van der Waals surface area contributed by atoms with Crippen LogP contribution >= 0.6 is 0 Å². The normalized spacial score (nSPS) is 20.6. The van der Waals surface area contributed by atoms with Crippen molar-refractivity contribution in [1.29, 1.82) is 0 Å². The van der Waals surface area contributed by atoms with Crippen LogP contribution in [0.3, 0.4) is 0 Å². The summed E-state index contributed by atoms with van der Waals surface area (Å²) in [5.41, 5.74) is 14.2. The van der Waals surface area contributed by atoms with Gasteiger partial charge in [0.2, 0.25) is 17.7 Å². The zero-order chi connectivity index (χ0) is 43.0. The minimum atomic E-state index is -0.852. The van der Waals surface area contributed by atoms with Crippen LogP contribution in [0, 0.1) is 23.7 Å². The largest absolute Gasteiger partial charge is 0.449 e. The highest BCUT2D eigenvalue weighted by molar-refractivity contribution is 5.98. The Morgan fingerprint density at radius 2 is 1.60 bits per heavy atom. The van der Waals surface area contributed by atoms with Gasteiger partial charge in [-0.15, -0.1) is 0 Å².